The molecule has 3 aliphatic rings. The molecule has 3 fully saturated rings. The lowest BCUT2D eigenvalue weighted by Gasteiger charge is -2.18. The lowest BCUT2D eigenvalue weighted by atomic mass is 9.82. The van der Waals surface area contributed by atoms with Gasteiger partial charge in [-0.3, -0.25) is 4.79 Å². The largest absolute Gasteiger partial charge is 0.496 e. The van der Waals surface area contributed by atoms with E-state index in [1.165, 1.54) is 0 Å². The molecule has 0 radical (unpaired) electrons. The second-order valence-electron chi connectivity index (χ2n) is 5.87. The highest BCUT2D eigenvalue weighted by Crippen LogP contribution is 2.67. The fourth-order valence-electron chi connectivity index (χ4n) is 4.05. The van der Waals surface area contributed by atoms with Crippen molar-refractivity contribution in [1.29, 1.82) is 0 Å². The monoisotopic (exact) mass is 400 g/mol. The van der Waals surface area contributed by atoms with Crippen molar-refractivity contribution in [1.82, 2.24) is 0 Å². The summed E-state index contributed by atoms with van der Waals surface area (Å²) in [6.45, 7) is 0. The van der Waals surface area contributed by atoms with Crippen LogP contribution >= 0.6 is 31.9 Å². The maximum absolute atomic E-state index is 12.5. The van der Waals surface area contributed by atoms with Crippen molar-refractivity contribution in [2.45, 2.75) is 31.0 Å². The van der Waals surface area contributed by atoms with Crippen LogP contribution in [0.1, 0.15) is 30.9 Å². The number of rotatable bonds is 2. The van der Waals surface area contributed by atoms with Gasteiger partial charge in [-0.25, -0.2) is 0 Å². The molecule has 1 aromatic carbocycles. The van der Waals surface area contributed by atoms with Gasteiger partial charge >= 0.3 is 0 Å². The first kappa shape index (κ1) is 13.3. The minimum absolute atomic E-state index is 0.150. The summed E-state index contributed by atoms with van der Waals surface area (Å²) in [6.07, 6.45) is 3.01. The minimum atomic E-state index is -0.549. The fourth-order valence-corrected chi connectivity index (χ4v) is 5.44. The molecule has 4 rings (SSSR count). The highest BCUT2D eigenvalue weighted by molar-refractivity contribution is 9.11. The molecule has 1 aliphatic heterocycles. The number of hydrogen-bond donors (Lipinski definition) is 0. The molecule has 3 nitrogen and oxygen atoms in total. The van der Waals surface area contributed by atoms with Crippen molar-refractivity contribution >= 4 is 37.6 Å². The lowest BCUT2D eigenvalue weighted by molar-refractivity contribution is -0.127. The predicted octanol–water partition coefficient (Wildman–Crippen LogP) is 4.03. The van der Waals surface area contributed by atoms with Crippen molar-refractivity contribution in [3.63, 3.8) is 0 Å². The van der Waals surface area contributed by atoms with E-state index in [9.17, 15) is 4.79 Å². The molecular weight excluding hydrogens is 388 g/mol. The molecule has 106 valence electrons. The number of benzene rings is 1. The van der Waals surface area contributed by atoms with Crippen molar-refractivity contribution < 1.29 is 14.3 Å². The quantitative estimate of drug-likeness (QED) is 0.702. The molecule has 20 heavy (non-hydrogen) atoms. The normalized spacial score (nSPS) is 37.8. The summed E-state index contributed by atoms with van der Waals surface area (Å²) in [5.41, 5.74) is 0.420. The van der Waals surface area contributed by atoms with Gasteiger partial charge in [0.05, 0.1) is 7.11 Å². The maximum atomic E-state index is 12.5. The number of fused-ring (bicyclic) bond motifs is 3. The van der Waals surface area contributed by atoms with Gasteiger partial charge in [0, 0.05) is 20.4 Å². The Labute approximate surface area is 134 Å². The van der Waals surface area contributed by atoms with E-state index in [1.807, 2.05) is 12.1 Å². The molecular formula is C15H14Br2O3. The van der Waals surface area contributed by atoms with Crippen LogP contribution in [0.25, 0.3) is 0 Å². The Morgan fingerprint density at radius 3 is 2.80 bits per heavy atom. The Bertz CT molecular complexity index is 615. The predicted molar refractivity (Wildman–Crippen MR) is 80.8 cm³/mol. The maximum Gasteiger partial charge on any atom is 0.171 e. The number of methoxy groups -OCH3 is 1. The Kier molecular flexibility index (Phi) is 2.86. The standard InChI is InChI=1S/C15H14Br2O3/c1-19-11-6-9(16)5-10(17)12(11)14-15(20-14)8-3-2-7(4-8)13(15)18/h5-8,14H,2-4H2,1H3. The summed E-state index contributed by atoms with van der Waals surface area (Å²) in [5.74, 6) is 1.70. The molecule has 0 aromatic heterocycles. The van der Waals surface area contributed by atoms with E-state index in [2.05, 4.69) is 31.9 Å². The first-order valence-corrected chi connectivity index (χ1v) is 8.41. The van der Waals surface area contributed by atoms with Gasteiger partial charge in [0.2, 0.25) is 0 Å². The summed E-state index contributed by atoms with van der Waals surface area (Å²) >= 11 is 7.04. The van der Waals surface area contributed by atoms with Gasteiger partial charge in [-0.1, -0.05) is 31.9 Å². The first-order valence-electron chi connectivity index (χ1n) is 6.83. The van der Waals surface area contributed by atoms with Crippen LogP contribution in [0.15, 0.2) is 21.1 Å². The number of hydrogen-bond acceptors (Lipinski definition) is 3. The van der Waals surface area contributed by atoms with Gasteiger partial charge in [-0.15, -0.1) is 0 Å². The third kappa shape index (κ3) is 1.57. The molecule has 1 aromatic rings. The van der Waals surface area contributed by atoms with Crippen LogP contribution in [0.3, 0.4) is 0 Å². The van der Waals surface area contributed by atoms with Gasteiger partial charge in [-0.05, 0) is 37.3 Å². The average molecular weight is 402 g/mol. The zero-order valence-corrected chi connectivity index (χ0v) is 14.2. The number of halogens is 2. The van der Waals surface area contributed by atoms with Crippen LogP contribution in [0.4, 0.5) is 0 Å². The van der Waals surface area contributed by atoms with Gasteiger partial charge < -0.3 is 9.47 Å². The van der Waals surface area contributed by atoms with Crippen LogP contribution in [0.5, 0.6) is 5.75 Å². The van der Waals surface area contributed by atoms with E-state index in [0.29, 0.717) is 11.7 Å². The number of carbonyl (C=O) groups is 1. The number of carbonyl (C=O) groups excluding carboxylic acids is 1. The summed E-state index contributed by atoms with van der Waals surface area (Å²) < 4.78 is 13.3. The highest BCUT2D eigenvalue weighted by Gasteiger charge is 2.74. The van der Waals surface area contributed by atoms with E-state index in [0.717, 1.165) is 39.5 Å². The van der Waals surface area contributed by atoms with Gasteiger partial charge in [0.25, 0.3) is 0 Å². The summed E-state index contributed by atoms with van der Waals surface area (Å²) in [4.78, 5) is 12.5. The average Bonchev–Trinajstić information content (AvgIpc) is 2.82. The Balaban J connectivity index is 1.76. The highest BCUT2D eigenvalue weighted by atomic mass is 79.9. The molecule has 1 heterocycles. The molecule has 1 saturated heterocycles. The second-order valence-corrected chi connectivity index (χ2v) is 7.64. The molecule has 2 aliphatic carbocycles. The molecule has 5 heteroatoms. The Hall–Kier alpha value is -0.390. The number of ketones is 1. The van der Waals surface area contributed by atoms with E-state index in [-0.39, 0.29) is 12.0 Å². The van der Waals surface area contributed by atoms with Gasteiger partial charge in [0.1, 0.15) is 11.9 Å². The van der Waals surface area contributed by atoms with Gasteiger partial charge in [0.15, 0.2) is 11.4 Å². The number of Topliss-reactive ketones (excluding diaryl/α,β-unsaturated/α-hetero) is 1. The third-order valence-corrected chi connectivity index (χ3v) is 6.09. The van der Waals surface area contributed by atoms with Crippen LogP contribution in [0.2, 0.25) is 0 Å². The molecule has 2 bridgehead atoms. The molecule has 4 unspecified atom stereocenters. The summed E-state index contributed by atoms with van der Waals surface area (Å²) in [7, 11) is 1.65. The van der Waals surface area contributed by atoms with Crippen molar-refractivity contribution in [3.8, 4) is 5.75 Å². The van der Waals surface area contributed by atoms with E-state index in [4.69, 9.17) is 9.47 Å². The van der Waals surface area contributed by atoms with Crippen LogP contribution in [-0.4, -0.2) is 18.5 Å². The Morgan fingerprint density at radius 1 is 1.35 bits per heavy atom. The third-order valence-electron chi connectivity index (χ3n) is 4.98. The fraction of sp³-hybridized carbons (Fsp3) is 0.533. The molecule has 0 amide bonds. The van der Waals surface area contributed by atoms with Crippen molar-refractivity contribution in [3.05, 3.63) is 26.6 Å². The smallest absolute Gasteiger partial charge is 0.171 e. The molecule has 4 atom stereocenters. The minimum Gasteiger partial charge on any atom is -0.496 e. The van der Waals surface area contributed by atoms with E-state index < -0.39 is 5.60 Å². The summed E-state index contributed by atoms with van der Waals surface area (Å²) in [5, 5.41) is 0. The zero-order valence-electron chi connectivity index (χ0n) is 11.0. The SMILES string of the molecule is COc1cc(Br)cc(Br)c1C1OC12C(=O)C1CCC2C1. The van der Waals surface area contributed by atoms with Crippen LogP contribution in [0, 0.1) is 11.8 Å². The van der Waals surface area contributed by atoms with Gasteiger partial charge in [-0.2, -0.15) is 0 Å². The Morgan fingerprint density at radius 2 is 2.15 bits per heavy atom. The van der Waals surface area contributed by atoms with Crippen molar-refractivity contribution in [2.75, 3.05) is 7.11 Å². The molecule has 0 N–H and O–H groups in total. The lowest BCUT2D eigenvalue weighted by Crippen LogP contribution is -2.32. The van der Waals surface area contributed by atoms with E-state index in [1.54, 1.807) is 7.11 Å². The van der Waals surface area contributed by atoms with Crippen molar-refractivity contribution in [2.24, 2.45) is 11.8 Å². The number of ether oxygens (including phenoxy) is 2. The topological polar surface area (TPSA) is 38.8 Å². The zero-order chi connectivity index (χ0) is 14.1. The number of epoxide rings is 1. The van der Waals surface area contributed by atoms with Crippen LogP contribution < -0.4 is 4.74 Å². The first-order chi connectivity index (χ1) is 9.57. The van der Waals surface area contributed by atoms with E-state index >= 15 is 0 Å². The molecule has 2 saturated carbocycles. The second kappa shape index (κ2) is 4.31. The molecule has 1 spiro atoms. The summed E-state index contributed by atoms with van der Waals surface area (Å²) in [6, 6.07) is 3.90. The van der Waals surface area contributed by atoms with Crippen LogP contribution in [-0.2, 0) is 9.53 Å².